The van der Waals surface area contributed by atoms with E-state index in [1.54, 1.807) is 18.2 Å². The Hall–Kier alpha value is -1.78. The summed E-state index contributed by atoms with van der Waals surface area (Å²) in [5.41, 5.74) is 1.37. The van der Waals surface area contributed by atoms with Gasteiger partial charge in [0.05, 0.1) is 16.3 Å². The Morgan fingerprint density at radius 2 is 2.06 bits per heavy atom. The second kappa shape index (κ2) is 5.25. The van der Waals surface area contributed by atoms with Crippen LogP contribution in [-0.4, -0.2) is 16.1 Å². The van der Waals surface area contributed by atoms with Crippen LogP contribution in [0.4, 0.5) is 11.4 Å². The Balaban J connectivity index is 2.31. The smallest absolute Gasteiger partial charge is 0.335 e. The van der Waals surface area contributed by atoms with Crippen LogP contribution in [0.3, 0.4) is 0 Å². The SMILES string of the molecule is O=C(O)c1cccc(Nc2cc(Cl)ncc2Cl)c1. The molecule has 18 heavy (non-hydrogen) atoms. The molecular weight excluding hydrogens is 275 g/mol. The molecule has 1 aromatic heterocycles. The number of aromatic nitrogens is 1. The highest BCUT2D eigenvalue weighted by atomic mass is 35.5. The van der Waals surface area contributed by atoms with Crippen LogP contribution >= 0.6 is 23.2 Å². The Morgan fingerprint density at radius 1 is 1.28 bits per heavy atom. The molecule has 0 saturated carbocycles. The van der Waals surface area contributed by atoms with Crippen molar-refractivity contribution in [3.05, 3.63) is 52.3 Å². The Kier molecular flexibility index (Phi) is 3.69. The fraction of sp³-hybridized carbons (Fsp3) is 0. The van der Waals surface area contributed by atoms with Crippen molar-refractivity contribution < 1.29 is 9.90 Å². The number of nitrogens with zero attached hydrogens (tertiary/aromatic N) is 1. The number of benzene rings is 1. The molecule has 0 bridgehead atoms. The number of nitrogens with one attached hydrogen (secondary N) is 1. The predicted octanol–water partition coefficient (Wildman–Crippen LogP) is 3.83. The first kappa shape index (κ1) is 12.7. The molecule has 0 amide bonds. The first-order chi connectivity index (χ1) is 8.56. The highest BCUT2D eigenvalue weighted by Gasteiger charge is 2.06. The minimum absolute atomic E-state index is 0.191. The van der Waals surface area contributed by atoms with E-state index in [-0.39, 0.29) is 5.56 Å². The summed E-state index contributed by atoms with van der Waals surface area (Å²) in [6.07, 6.45) is 1.42. The first-order valence-corrected chi connectivity index (χ1v) is 5.73. The molecule has 0 aliphatic rings. The molecule has 2 N–H and O–H groups in total. The van der Waals surface area contributed by atoms with Crippen molar-refractivity contribution in [1.82, 2.24) is 4.98 Å². The van der Waals surface area contributed by atoms with Crippen LogP contribution in [0.25, 0.3) is 0 Å². The number of carboxylic acids is 1. The van der Waals surface area contributed by atoms with Gasteiger partial charge in [0.1, 0.15) is 5.15 Å². The molecule has 0 atom stereocenters. The molecule has 0 radical (unpaired) electrons. The number of pyridine rings is 1. The van der Waals surface area contributed by atoms with Crippen molar-refractivity contribution in [2.45, 2.75) is 0 Å². The largest absolute Gasteiger partial charge is 0.478 e. The summed E-state index contributed by atoms with van der Waals surface area (Å²) in [6, 6.07) is 7.96. The van der Waals surface area contributed by atoms with Crippen LogP contribution in [0.2, 0.25) is 10.2 Å². The van der Waals surface area contributed by atoms with Crippen molar-refractivity contribution in [2.24, 2.45) is 0 Å². The maximum atomic E-state index is 10.8. The summed E-state index contributed by atoms with van der Waals surface area (Å²) in [7, 11) is 0. The van der Waals surface area contributed by atoms with Crippen LogP contribution in [0.5, 0.6) is 0 Å². The molecule has 2 aromatic rings. The zero-order chi connectivity index (χ0) is 13.1. The highest BCUT2D eigenvalue weighted by molar-refractivity contribution is 6.34. The number of carbonyl (C=O) groups is 1. The van der Waals surface area contributed by atoms with Gasteiger partial charge in [0, 0.05) is 18.0 Å². The number of hydrogen-bond donors (Lipinski definition) is 2. The summed E-state index contributed by atoms with van der Waals surface area (Å²) in [5.74, 6) is -0.988. The lowest BCUT2D eigenvalue weighted by molar-refractivity contribution is 0.0697. The fourth-order valence-corrected chi connectivity index (χ4v) is 1.70. The summed E-state index contributed by atoms with van der Waals surface area (Å²) in [4.78, 5) is 14.7. The first-order valence-electron chi connectivity index (χ1n) is 4.97. The van der Waals surface area contributed by atoms with Gasteiger partial charge in [-0.15, -0.1) is 0 Å². The van der Waals surface area contributed by atoms with Crippen molar-refractivity contribution in [2.75, 3.05) is 5.32 Å². The van der Waals surface area contributed by atoms with E-state index in [9.17, 15) is 4.79 Å². The molecule has 4 nitrogen and oxygen atoms in total. The molecular formula is C12H8Cl2N2O2. The predicted molar refractivity (Wildman–Crippen MR) is 70.9 cm³/mol. The fourth-order valence-electron chi connectivity index (χ4n) is 1.39. The summed E-state index contributed by atoms with van der Waals surface area (Å²) < 4.78 is 0. The zero-order valence-corrected chi connectivity index (χ0v) is 10.5. The quantitative estimate of drug-likeness (QED) is 0.840. The maximum Gasteiger partial charge on any atom is 0.335 e. The third-order valence-electron chi connectivity index (χ3n) is 2.21. The van der Waals surface area contributed by atoms with Crippen LogP contribution in [0.1, 0.15) is 10.4 Å². The molecule has 2 rings (SSSR count). The summed E-state index contributed by atoms with van der Waals surface area (Å²) >= 11 is 11.7. The molecule has 92 valence electrons. The van der Waals surface area contributed by atoms with E-state index in [0.717, 1.165) is 0 Å². The number of carboxylic acid groups (broad SMARTS) is 1. The molecule has 0 fully saturated rings. The van der Waals surface area contributed by atoms with Gasteiger partial charge in [-0.05, 0) is 18.2 Å². The second-order valence-electron chi connectivity index (χ2n) is 3.50. The van der Waals surface area contributed by atoms with Crippen molar-refractivity contribution in [3.8, 4) is 0 Å². The molecule has 0 saturated heterocycles. The van der Waals surface area contributed by atoms with E-state index in [1.807, 2.05) is 0 Å². The highest BCUT2D eigenvalue weighted by Crippen LogP contribution is 2.27. The van der Waals surface area contributed by atoms with Gasteiger partial charge in [-0.2, -0.15) is 0 Å². The van der Waals surface area contributed by atoms with E-state index in [0.29, 0.717) is 21.6 Å². The lowest BCUT2D eigenvalue weighted by Crippen LogP contribution is -1.98. The van der Waals surface area contributed by atoms with Crippen LogP contribution in [-0.2, 0) is 0 Å². The van der Waals surface area contributed by atoms with E-state index >= 15 is 0 Å². The normalized spacial score (nSPS) is 10.1. The Bertz CT molecular complexity index is 602. The zero-order valence-electron chi connectivity index (χ0n) is 9.02. The van der Waals surface area contributed by atoms with Gasteiger partial charge in [-0.3, -0.25) is 0 Å². The van der Waals surface area contributed by atoms with Crippen LogP contribution < -0.4 is 5.32 Å². The lowest BCUT2D eigenvalue weighted by atomic mass is 10.2. The van der Waals surface area contributed by atoms with E-state index in [4.69, 9.17) is 28.3 Å². The summed E-state index contributed by atoms with van der Waals surface area (Å²) in [6.45, 7) is 0. The van der Waals surface area contributed by atoms with Crippen molar-refractivity contribution in [3.63, 3.8) is 0 Å². The number of hydrogen-bond acceptors (Lipinski definition) is 3. The molecule has 6 heteroatoms. The lowest BCUT2D eigenvalue weighted by Gasteiger charge is -2.08. The standard InChI is InChI=1S/C12H8Cl2N2O2/c13-9-6-15-11(14)5-10(9)16-8-3-1-2-7(4-8)12(17)18/h1-6H,(H,15,16)(H,17,18). The van der Waals surface area contributed by atoms with Crippen molar-refractivity contribution >= 4 is 40.5 Å². The van der Waals surface area contributed by atoms with Gasteiger partial charge in [0.15, 0.2) is 0 Å². The number of anilines is 2. The third-order valence-corrected chi connectivity index (χ3v) is 2.72. The number of halogens is 2. The Morgan fingerprint density at radius 3 is 2.78 bits per heavy atom. The number of rotatable bonds is 3. The molecule has 0 aliphatic heterocycles. The van der Waals surface area contributed by atoms with Gasteiger partial charge in [0.2, 0.25) is 0 Å². The minimum atomic E-state index is -0.988. The molecule has 1 heterocycles. The average molecular weight is 283 g/mol. The second-order valence-corrected chi connectivity index (χ2v) is 4.29. The van der Waals surface area contributed by atoms with Gasteiger partial charge in [0.25, 0.3) is 0 Å². The monoisotopic (exact) mass is 282 g/mol. The average Bonchev–Trinajstić information content (AvgIpc) is 2.34. The van der Waals surface area contributed by atoms with Gasteiger partial charge < -0.3 is 10.4 Å². The third kappa shape index (κ3) is 2.91. The number of aromatic carboxylic acids is 1. The maximum absolute atomic E-state index is 10.8. The summed E-state index contributed by atoms with van der Waals surface area (Å²) in [5, 5.41) is 12.6. The van der Waals surface area contributed by atoms with Crippen molar-refractivity contribution in [1.29, 1.82) is 0 Å². The van der Waals surface area contributed by atoms with Gasteiger partial charge >= 0.3 is 5.97 Å². The van der Waals surface area contributed by atoms with E-state index in [2.05, 4.69) is 10.3 Å². The molecule has 0 aliphatic carbocycles. The molecule has 0 spiro atoms. The van der Waals surface area contributed by atoms with E-state index in [1.165, 1.54) is 18.3 Å². The van der Waals surface area contributed by atoms with Crippen LogP contribution in [0.15, 0.2) is 36.5 Å². The van der Waals surface area contributed by atoms with E-state index < -0.39 is 5.97 Å². The minimum Gasteiger partial charge on any atom is -0.478 e. The molecule has 0 unspecified atom stereocenters. The molecule has 1 aromatic carbocycles. The van der Waals surface area contributed by atoms with Gasteiger partial charge in [-0.25, -0.2) is 9.78 Å². The topological polar surface area (TPSA) is 62.2 Å². The van der Waals surface area contributed by atoms with Crippen LogP contribution in [0, 0.1) is 0 Å². The Labute approximate surface area is 113 Å². The van der Waals surface area contributed by atoms with Gasteiger partial charge in [-0.1, -0.05) is 29.3 Å².